The Bertz CT molecular complexity index is 296. The van der Waals surface area contributed by atoms with Crippen LogP contribution >= 0.6 is 0 Å². The maximum absolute atomic E-state index is 10.6. The van der Waals surface area contributed by atoms with Gasteiger partial charge in [-0.05, 0) is 18.9 Å². The van der Waals surface area contributed by atoms with Crippen LogP contribution in [-0.2, 0) is 6.54 Å². The lowest BCUT2D eigenvalue weighted by Crippen LogP contribution is -2.18. The summed E-state index contributed by atoms with van der Waals surface area (Å²) in [6, 6.07) is 3.92. The molecule has 0 amide bonds. The molecule has 0 bridgehead atoms. The molecular formula is C8H11N3O. The minimum Gasteiger partial charge on any atom is -0.308 e. The number of nitrogens with one attached hydrogen (secondary N) is 2. The summed E-state index contributed by atoms with van der Waals surface area (Å²) in [6.07, 6.45) is 2.53. The SMILES string of the molecule is O=c1ccc(CNC2CC2)n[nH]1. The predicted molar refractivity (Wildman–Crippen MR) is 44.7 cm³/mol. The molecule has 1 heterocycles. The molecule has 4 nitrogen and oxygen atoms in total. The molecule has 1 fully saturated rings. The van der Waals surface area contributed by atoms with Crippen molar-refractivity contribution in [3.8, 4) is 0 Å². The molecule has 1 aliphatic carbocycles. The highest BCUT2D eigenvalue weighted by Crippen LogP contribution is 2.18. The third-order valence-electron chi connectivity index (χ3n) is 1.89. The summed E-state index contributed by atoms with van der Waals surface area (Å²) in [7, 11) is 0. The number of nitrogens with zero attached hydrogens (tertiary/aromatic N) is 1. The van der Waals surface area contributed by atoms with Crippen molar-refractivity contribution in [1.82, 2.24) is 15.5 Å². The molecule has 0 aliphatic heterocycles. The van der Waals surface area contributed by atoms with E-state index < -0.39 is 0 Å². The Morgan fingerprint density at radius 3 is 3.00 bits per heavy atom. The standard InChI is InChI=1S/C8H11N3O/c12-8-4-3-7(10-11-8)5-9-6-1-2-6/h3-4,6,9H,1-2,5H2,(H,11,12). The van der Waals surface area contributed by atoms with Gasteiger partial charge in [0.15, 0.2) is 0 Å². The molecule has 2 rings (SSSR count). The summed E-state index contributed by atoms with van der Waals surface area (Å²) in [5, 5.41) is 9.58. The van der Waals surface area contributed by atoms with Gasteiger partial charge in [-0.2, -0.15) is 5.10 Å². The van der Waals surface area contributed by atoms with Crippen LogP contribution in [0.25, 0.3) is 0 Å². The average molecular weight is 165 g/mol. The summed E-state index contributed by atoms with van der Waals surface area (Å²) in [5.74, 6) is 0. The van der Waals surface area contributed by atoms with Crippen LogP contribution in [-0.4, -0.2) is 16.2 Å². The highest BCUT2D eigenvalue weighted by Gasteiger charge is 2.19. The Hall–Kier alpha value is -1.16. The van der Waals surface area contributed by atoms with E-state index in [1.807, 2.05) is 0 Å². The average Bonchev–Trinajstić information content (AvgIpc) is 2.87. The Kier molecular flexibility index (Phi) is 1.91. The lowest BCUT2D eigenvalue weighted by Gasteiger charge is -1.99. The fourth-order valence-corrected chi connectivity index (χ4v) is 1.01. The van der Waals surface area contributed by atoms with Gasteiger partial charge in [0.1, 0.15) is 0 Å². The Morgan fingerprint density at radius 2 is 2.42 bits per heavy atom. The first-order valence-electron chi connectivity index (χ1n) is 4.12. The van der Waals surface area contributed by atoms with Gasteiger partial charge in [-0.3, -0.25) is 4.79 Å². The molecule has 0 saturated heterocycles. The van der Waals surface area contributed by atoms with Gasteiger partial charge in [-0.15, -0.1) is 0 Å². The Labute approximate surface area is 70.0 Å². The van der Waals surface area contributed by atoms with E-state index in [0.717, 1.165) is 12.2 Å². The number of hydrogen-bond donors (Lipinski definition) is 2. The Morgan fingerprint density at radius 1 is 1.58 bits per heavy atom. The number of H-pyrrole nitrogens is 1. The van der Waals surface area contributed by atoms with E-state index in [4.69, 9.17) is 0 Å². The van der Waals surface area contributed by atoms with Crippen molar-refractivity contribution >= 4 is 0 Å². The summed E-state index contributed by atoms with van der Waals surface area (Å²) in [4.78, 5) is 10.6. The van der Waals surface area contributed by atoms with Gasteiger partial charge in [0.25, 0.3) is 5.56 Å². The largest absolute Gasteiger partial charge is 0.308 e. The summed E-state index contributed by atoms with van der Waals surface area (Å²) >= 11 is 0. The first-order chi connectivity index (χ1) is 5.84. The van der Waals surface area contributed by atoms with E-state index in [2.05, 4.69) is 15.5 Å². The van der Waals surface area contributed by atoms with Crippen molar-refractivity contribution in [2.24, 2.45) is 0 Å². The second-order valence-corrected chi connectivity index (χ2v) is 3.07. The Balaban J connectivity index is 1.93. The fraction of sp³-hybridized carbons (Fsp3) is 0.500. The van der Waals surface area contributed by atoms with Gasteiger partial charge in [0.05, 0.1) is 5.69 Å². The maximum atomic E-state index is 10.6. The molecule has 1 saturated carbocycles. The monoisotopic (exact) mass is 165 g/mol. The fourth-order valence-electron chi connectivity index (χ4n) is 1.01. The lowest BCUT2D eigenvalue weighted by molar-refractivity contribution is 0.663. The molecule has 0 radical (unpaired) electrons. The quantitative estimate of drug-likeness (QED) is 0.664. The lowest BCUT2D eigenvalue weighted by atomic mass is 10.4. The number of aromatic nitrogens is 2. The van der Waals surface area contributed by atoms with Crippen LogP contribution in [0.3, 0.4) is 0 Å². The molecule has 1 aromatic heterocycles. The van der Waals surface area contributed by atoms with Crippen molar-refractivity contribution < 1.29 is 0 Å². The van der Waals surface area contributed by atoms with E-state index in [1.54, 1.807) is 6.07 Å². The van der Waals surface area contributed by atoms with Gasteiger partial charge in [-0.25, -0.2) is 5.10 Å². The van der Waals surface area contributed by atoms with E-state index >= 15 is 0 Å². The first-order valence-corrected chi connectivity index (χ1v) is 4.12. The van der Waals surface area contributed by atoms with Crippen molar-refractivity contribution in [2.75, 3.05) is 0 Å². The third kappa shape index (κ3) is 1.92. The molecule has 0 atom stereocenters. The summed E-state index contributed by atoms with van der Waals surface area (Å²) in [6.45, 7) is 0.751. The number of hydrogen-bond acceptors (Lipinski definition) is 3. The van der Waals surface area contributed by atoms with E-state index in [9.17, 15) is 4.79 Å². The van der Waals surface area contributed by atoms with Gasteiger partial charge >= 0.3 is 0 Å². The molecule has 0 aromatic carbocycles. The van der Waals surface area contributed by atoms with Gasteiger partial charge in [0.2, 0.25) is 0 Å². The zero-order valence-corrected chi connectivity index (χ0v) is 6.71. The molecule has 0 unspecified atom stereocenters. The second kappa shape index (κ2) is 3.06. The van der Waals surface area contributed by atoms with Crippen LogP contribution in [0.5, 0.6) is 0 Å². The predicted octanol–water partition coefficient (Wildman–Crippen LogP) is 0.0219. The third-order valence-corrected chi connectivity index (χ3v) is 1.89. The van der Waals surface area contributed by atoms with E-state index in [1.165, 1.54) is 18.9 Å². The van der Waals surface area contributed by atoms with Crippen LogP contribution in [0.15, 0.2) is 16.9 Å². The first kappa shape index (κ1) is 7.49. The van der Waals surface area contributed by atoms with Crippen molar-refractivity contribution in [2.45, 2.75) is 25.4 Å². The molecule has 12 heavy (non-hydrogen) atoms. The highest BCUT2D eigenvalue weighted by atomic mass is 16.1. The van der Waals surface area contributed by atoms with Crippen molar-refractivity contribution in [1.29, 1.82) is 0 Å². The second-order valence-electron chi connectivity index (χ2n) is 3.07. The molecule has 4 heteroatoms. The zero-order chi connectivity index (χ0) is 8.39. The van der Waals surface area contributed by atoms with Crippen LogP contribution in [0, 0.1) is 0 Å². The summed E-state index contributed by atoms with van der Waals surface area (Å²) in [5.41, 5.74) is 0.742. The van der Waals surface area contributed by atoms with Crippen LogP contribution in [0.2, 0.25) is 0 Å². The molecular weight excluding hydrogens is 154 g/mol. The minimum atomic E-state index is -0.148. The highest BCUT2D eigenvalue weighted by molar-refractivity contribution is 4.99. The molecule has 0 spiro atoms. The maximum Gasteiger partial charge on any atom is 0.264 e. The summed E-state index contributed by atoms with van der Waals surface area (Å²) < 4.78 is 0. The molecule has 1 aromatic rings. The number of rotatable bonds is 3. The molecule has 2 N–H and O–H groups in total. The number of aromatic amines is 1. The van der Waals surface area contributed by atoms with Gasteiger partial charge < -0.3 is 5.32 Å². The van der Waals surface area contributed by atoms with Crippen LogP contribution in [0.1, 0.15) is 18.5 Å². The molecule has 64 valence electrons. The normalized spacial score (nSPS) is 16.3. The van der Waals surface area contributed by atoms with Gasteiger partial charge in [0, 0.05) is 18.7 Å². The van der Waals surface area contributed by atoms with Crippen molar-refractivity contribution in [3.63, 3.8) is 0 Å². The topological polar surface area (TPSA) is 57.8 Å². The van der Waals surface area contributed by atoms with E-state index in [0.29, 0.717) is 6.04 Å². The van der Waals surface area contributed by atoms with Crippen LogP contribution in [0.4, 0.5) is 0 Å². The minimum absolute atomic E-state index is 0.148. The van der Waals surface area contributed by atoms with E-state index in [-0.39, 0.29) is 5.56 Å². The van der Waals surface area contributed by atoms with Gasteiger partial charge in [-0.1, -0.05) is 0 Å². The van der Waals surface area contributed by atoms with Crippen molar-refractivity contribution in [3.05, 3.63) is 28.2 Å². The molecule has 1 aliphatic rings. The zero-order valence-electron chi connectivity index (χ0n) is 6.71. The smallest absolute Gasteiger partial charge is 0.264 e. The van der Waals surface area contributed by atoms with Crippen LogP contribution < -0.4 is 10.9 Å².